The van der Waals surface area contributed by atoms with Crippen LogP contribution in [0, 0.1) is 23.2 Å². The van der Waals surface area contributed by atoms with Crippen molar-refractivity contribution in [1.82, 2.24) is 0 Å². The summed E-state index contributed by atoms with van der Waals surface area (Å²) in [5.41, 5.74) is 1.60. The maximum atomic E-state index is 12.7. The summed E-state index contributed by atoms with van der Waals surface area (Å²) < 4.78 is 12.7. The molecule has 2 rings (SSSR count). The second-order valence-corrected chi connectivity index (χ2v) is 4.68. The van der Waals surface area contributed by atoms with E-state index in [0.29, 0.717) is 0 Å². The van der Waals surface area contributed by atoms with Crippen LogP contribution in [-0.2, 0) is 0 Å². The minimum atomic E-state index is -0.256. The third-order valence-electron chi connectivity index (χ3n) is 2.76. The molecule has 0 aromatic heterocycles. The minimum absolute atomic E-state index is 0.0910. The molecule has 0 unspecified atom stereocenters. The van der Waals surface area contributed by atoms with Crippen molar-refractivity contribution in [1.29, 1.82) is 0 Å². The van der Waals surface area contributed by atoms with Crippen molar-refractivity contribution in [2.24, 2.45) is 10.4 Å². The highest BCUT2D eigenvalue weighted by Crippen LogP contribution is 2.23. The zero-order valence-electron chi connectivity index (χ0n) is 10.4. The fraction of sp³-hybridized carbons (Fsp3) is 0.188. The van der Waals surface area contributed by atoms with E-state index in [4.69, 9.17) is 0 Å². The van der Waals surface area contributed by atoms with E-state index < -0.39 is 0 Å². The van der Waals surface area contributed by atoms with Crippen LogP contribution in [0.4, 0.5) is 4.39 Å². The van der Waals surface area contributed by atoms with E-state index >= 15 is 0 Å². The average molecular weight is 239 g/mol. The Balaban J connectivity index is 2.19. The van der Waals surface area contributed by atoms with Gasteiger partial charge in [0.1, 0.15) is 5.82 Å². The molecule has 0 amide bonds. The van der Waals surface area contributed by atoms with Crippen molar-refractivity contribution in [2.75, 3.05) is 0 Å². The summed E-state index contributed by atoms with van der Waals surface area (Å²) >= 11 is 0. The van der Waals surface area contributed by atoms with Gasteiger partial charge in [0.2, 0.25) is 0 Å². The van der Waals surface area contributed by atoms with Crippen LogP contribution in [-0.4, -0.2) is 5.71 Å². The summed E-state index contributed by atoms with van der Waals surface area (Å²) in [6.07, 6.45) is 8.00. The van der Waals surface area contributed by atoms with Gasteiger partial charge in [0.15, 0.2) is 0 Å². The van der Waals surface area contributed by atoms with Crippen LogP contribution in [0.2, 0.25) is 0 Å². The summed E-state index contributed by atoms with van der Waals surface area (Å²) in [4.78, 5) is 4.28. The van der Waals surface area contributed by atoms with Gasteiger partial charge < -0.3 is 0 Å². The highest BCUT2D eigenvalue weighted by molar-refractivity contribution is 6.02. The highest BCUT2D eigenvalue weighted by Gasteiger charge is 2.20. The minimum Gasteiger partial charge on any atom is -0.207 e. The Morgan fingerprint density at radius 1 is 1.11 bits per heavy atom. The molecule has 1 aliphatic carbocycles. The molecule has 0 saturated heterocycles. The molecule has 0 aliphatic heterocycles. The van der Waals surface area contributed by atoms with Gasteiger partial charge in [-0.05, 0) is 36.3 Å². The maximum absolute atomic E-state index is 12.7. The number of hydrogen-bond acceptors (Lipinski definition) is 1. The lowest BCUT2D eigenvalue weighted by molar-refractivity contribution is 0.627. The van der Waals surface area contributed by atoms with E-state index in [1.165, 1.54) is 12.1 Å². The molecule has 1 nitrogen and oxygen atoms in total. The SMILES string of the molecule is CC1(C)C=CC=C/C1=N/C#Cc1ccc(F)cc1. The Morgan fingerprint density at radius 2 is 1.83 bits per heavy atom. The van der Waals surface area contributed by atoms with Gasteiger partial charge >= 0.3 is 0 Å². The molecule has 1 aromatic carbocycles. The zero-order chi connectivity index (χ0) is 13.0. The molecule has 0 fully saturated rings. The van der Waals surface area contributed by atoms with Gasteiger partial charge in [-0.2, -0.15) is 0 Å². The Kier molecular flexibility index (Phi) is 3.43. The van der Waals surface area contributed by atoms with Gasteiger partial charge in [-0.15, -0.1) is 0 Å². The highest BCUT2D eigenvalue weighted by atomic mass is 19.1. The van der Waals surface area contributed by atoms with Crippen molar-refractivity contribution in [3.8, 4) is 12.0 Å². The van der Waals surface area contributed by atoms with Crippen LogP contribution in [0.15, 0.2) is 53.6 Å². The topological polar surface area (TPSA) is 12.4 Å². The summed E-state index contributed by atoms with van der Waals surface area (Å²) in [5, 5.41) is 0. The van der Waals surface area contributed by atoms with Gasteiger partial charge in [-0.25, -0.2) is 9.38 Å². The Labute approximate surface area is 107 Å². The molecule has 2 heteroatoms. The first-order valence-electron chi connectivity index (χ1n) is 5.78. The van der Waals surface area contributed by atoms with Crippen LogP contribution in [0.5, 0.6) is 0 Å². The largest absolute Gasteiger partial charge is 0.207 e. The van der Waals surface area contributed by atoms with E-state index in [1.807, 2.05) is 18.2 Å². The first kappa shape index (κ1) is 12.3. The van der Waals surface area contributed by atoms with E-state index in [1.54, 1.807) is 12.1 Å². The number of rotatable bonds is 0. The van der Waals surface area contributed by atoms with E-state index in [2.05, 4.69) is 36.9 Å². The second kappa shape index (κ2) is 5.01. The number of hydrogen-bond donors (Lipinski definition) is 0. The molecule has 0 spiro atoms. The lowest BCUT2D eigenvalue weighted by atomic mass is 9.84. The van der Waals surface area contributed by atoms with Crippen LogP contribution < -0.4 is 0 Å². The zero-order valence-corrected chi connectivity index (χ0v) is 10.4. The third-order valence-corrected chi connectivity index (χ3v) is 2.76. The molecule has 0 atom stereocenters. The van der Waals surface area contributed by atoms with E-state index in [-0.39, 0.29) is 11.2 Å². The van der Waals surface area contributed by atoms with Crippen molar-refractivity contribution in [3.05, 3.63) is 60.0 Å². The molecule has 1 aromatic rings. The quantitative estimate of drug-likeness (QED) is 0.612. The lowest BCUT2D eigenvalue weighted by Gasteiger charge is -2.21. The molecule has 90 valence electrons. The Bertz CT molecular complexity index is 578. The molecule has 1 aliphatic rings. The van der Waals surface area contributed by atoms with Gasteiger partial charge in [-0.3, -0.25) is 0 Å². The molecular weight excluding hydrogens is 225 g/mol. The summed E-state index contributed by atoms with van der Waals surface area (Å²) in [6, 6.07) is 8.85. The summed E-state index contributed by atoms with van der Waals surface area (Å²) in [5.74, 6) is 2.64. The van der Waals surface area contributed by atoms with Gasteiger partial charge in [0.25, 0.3) is 0 Å². The van der Waals surface area contributed by atoms with Crippen LogP contribution >= 0.6 is 0 Å². The standard InChI is InChI=1S/C16H14FN/c1-16(2)11-4-3-5-15(16)18-12-10-13-6-8-14(17)9-7-13/h3-9,11H,1-2H3/b18-15-. The van der Waals surface area contributed by atoms with Crippen molar-refractivity contribution < 1.29 is 4.39 Å². The van der Waals surface area contributed by atoms with Gasteiger partial charge in [0.05, 0.1) is 5.71 Å². The lowest BCUT2D eigenvalue weighted by Crippen LogP contribution is -2.21. The predicted molar refractivity (Wildman–Crippen MR) is 72.8 cm³/mol. The van der Waals surface area contributed by atoms with E-state index in [0.717, 1.165) is 11.3 Å². The van der Waals surface area contributed by atoms with Gasteiger partial charge in [0, 0.05) is 17.0 Å². The number of halogens is 1. The third kappa shape index (κ3) is 2.95. The fourth-order valence-corrected chi connectivity index (χ4v) is 1.61. The van der Waals surface area contributed by atoms with Crippen LogP contribution in [0.1, 0.15) is 19.4 Å². The monoisotopic (exact) mass is 239 g/mol. The molecule has 0 bridgehead atoms. The average Bonchev–Trinajstić information content (AvgIpc) is 2.33. The normalized spacial score (nSPS) is 18.5. The first-order chi connectivity index (χ1) is 8.58. The van der Waals surface area contributed by atoms with Gasteiger partial charge in [-0.1, -0.05) is 32.1 Å². The summed E-state index contributed by atoms with van der Waals surface area (Å²) in [6.45, 7) is 4.18. The van der Waals surface area contributed by atoms with E-state index in [9.17, 15) is 4.39 Å². The molecule has 0 N–H and O–H groups in total. The van der Waals surface area contributed by atoms with Crippen LogP contribution in [0.3, 0.4) is 0 Å². The molecular formula is C16H14FN. The van der Waals surface area contributed by atoms with Crippen molar-refractivity contribution in [2.45, 2.75) is 13.8 Å². The second-order valence-electron chi connectivity index (χ2n) is 4.68. The van der Waals surface area contributed by atoms with Crippen LogP contribution in [0.25, 0.3) is 0 Å². The predicted octanol–water partition coefficient (Wildman–Crippen LogP) is 3.73. The molecule has 18 heavy (non-hydrogen) atoms. The number of aliphatic imine (C=N–C) groups is 1. The number of nitrogens with zero attached hydrogens (tertiary/aromatic N) is 1. The number of allylic oxidation sites excluding steroid dienone is 4. The molecule has 0 heterocycles. The maximum Gasteiger partial charge on any atom is 0.123 e. The van der Waals surface area contributed by atoms with Crippen molar-refractivity contribution >= 4 is 5.71 Å². The Morgan fingerprint density at radius 3 is 2.50 bits per heavy atom. The fourth-order valence-electron chi connectivity index (χ4n) is 1.61. The summed E-state index contributed by atoms with van der Waals surface area (Å²) in [7, 11) is 0. The molecule has 0 saturated carbocycles. The molecule has 0 radical (unpaired) electrons. The van der Waals surface area contributed by atoms with Crippen molar-refractivity contribution in [3.63, 3.8) is 0 Å². The smallest absolute Gasteiger partial charge is 0.123 e. The first-order valence-corrected chi connectivity index (χ1v) is 5.78. The Hall–Kier alpha value is -2.14. The number of benzene rings is 1.